The van der Waals surface area contributed by atoms with Crippen molar-refractivity contribution in [1.82, 2.24) is 10.2 Å². The topological polar surface area (TPSA) is 52.1 Å². The number of hydrogen-bond acceptors (Lipinski definition) is 5. The Morgan fingerprint density at radius 3 is 2.93 bits per heavy atom. The van der Waals surface area contributed by atoms with Crippen LogP contribution in [-0.4, -0.2) is 29.0 Å². The molecule has 0 aliphatic rings. The van der Waals surface area contributed by atoms with Crippen molar-refractivity contribution in [3.05, 3.63) is 23.0 Å². The maximum atomic E-state index is 10.8. The van der Waals surface area contributed by atoms with Crippen molar-refractivity contribution in [2.24, 2.45) is 0 Å². The minimum Gasteiger partial charge on any atom is -0.468 e. The van der Waals surface area contributed by atoms with Crippen molar-refractivity contribution in [3.63, 3.8) is 0 Å². The van der Waals surface area contributed by atoms with Gasteiger partial charge in [0, 0.05) is 5.75 Å². The van der Waals surface area contributed by atoms with Crippen LogP contribution in [0.1, 0.15) is 5.69 Å². The summed E-state index contributed by atoms with van der Waals surface area (Å²) in [7, 11) is 1.37. The summed E-state index contributed by atoms with van der Waals surface area (Å²) in [6, 6.07) is 3.45. The fraction of sp³-hybridized carbons (Fsp3) is 0.375. The number of carbonyl (C=O) groups excluding carboxylic acids is 1. The minimum atomic E-state index is -0.239. The van der Waals surface area contributed by atoms with Gasteiger partial charge in [0.25, 0.3) is 0 Å². The first-order valence-corrected chi connectivity index (χ1v) is 5.38. The van der Waals surface area contributed by atoms with Crippen LogP contribution in [0.15, 0.2) is 12.1 Å². The number of ether oxygens (including phenoxy) is 1. The van der Waals surface area contributed by atoms with Gasteiger partial charge in [-0.2, -0.15) is 5.10 Å². The number of rotatable bonds is 4. The largest absolute Gasteiger partial charge is 0.468 e. The molecule has 0 aromatic carbocycles. The lowest BCUT2D eigenvalue weighted by atomic mass is 10.4. The molecule has 1 heterocycles. The third-order valence-electron chi connectivity index (χ3n) is 1.38. The SMILES string of the molecule is COC(=O)CSCc1ccc(Cl)nn1. The van der Waals surface area contributed by atoms with Crippen LogP contribution in [0.4, 0.5) is 0 Å². The Hall–Kier alpha value is -0.810. The Morgan fingerprint density at radius 1 is 1.57 bits per heavy atom. The average Bonchev–Trinajstić information content (AvgIpc) is 2.21. The van der Waals surface area contributed by atoms with Crippen molar-refractivity contribution in [2.75, 3.05) is 12.9 Å². The van der Waals surface area contributed by atoms with E-state index < -0.39 is 0 Å². The fourth-order valence-corrected chi connectivity index (χ4v) is 1.57. The normalized spacial score (nSPS) is 9.86. The van der Waals surface area contributed by atoms with Gasteiger partial charge in [0.05, 0.1) is 18.6 Å². The van der Waals surface area contributed by atoms with Gasteiger partial charge in [-0.1, -0.05) is 11.6 Å². The molecule has 0 aliphatic carbocycles. The zero-order valence-corrected chi connectivity index (χ0v) is 9.14. The maximum Gasteiger partial charge on any atom is 0.315 e. The number of methoxy groups -OCH3 is 1. The van der Waals surface area contributed by atoms with Crippen molar-refractivity contribution < 1.29 is 9.53 Å². The van der Waals surface area contributed by atoms with Crippen molar-refractivity contribution in [1.29, 1.82) is 0 Å². The Labute approximate surface area is 91.0 Å². The molecule has 0 atom stereocenters. The van der Waals surface area contributed by atoms with Crippen molar-refractivity contribution >= 4 is 29.3 Å². The lowest BCUT2D eigenvalue weighted by Crippen LogP contribution is -2.03. The molecule has 1 aromatic heterocycles. The Kier molecular flexibility index (Phi) is 4.69. The maximum absolute atomic E-state index is 10.8. The smallest absolute Gasteiger partial charge is 0.315 e. The van der Waals surface area contributed by atoms with E-state index in [0.29, 0.717) is 16.7 Å². The molecular weight excluding hydrogens is 224 g/mol. The fourth-order valence-electron chi connectivity index (χ4n) is 0.718. The molecule has 0 spiro atoms. The average molecular weight is 233 g/mol. The summed E-state index contributed by atoms with van der Waals surface area (Å²) in [5.41, 5.74) is 0.795. The highest BCUT2D eigenvalue weighted by molar-refractivity contribution is 7.99. The second-order valence-corrected chi connectivity index (χ2v) is 3.79. The zero-order chi connectivity index (χ0) is 10.4. The van der Waals surface area contributed by atoms with E-state index in [9.17, 15) is 4.79 Å². The van der Waals surface area contributed by atoms with Crippen LogP contribution in [0, 0.1) is 0 Å². The summed E-state index contributed by atoms with van der Waals surface area (Å²) in [6.07, 6.45) is 0. The Bertz CT molecular complexity index is 305. The van der Waals surface area contributed by atoms with Crippen LogP contribution in [0.5, 0.6) is 0 Å². The highest BCUT2D eigenvalue weighted by Gasteiger charge is 2.01. The van der Waals surface area contributed by atoms with E-state index in [1.54, 1.807) is 12.1 Å². The first kappa shape index (κ1) is 11.3. The molecule has 0 aliphatic heterocycles. The molecule has 0 fully saturated rings. The summed E-state index contributed by atoms with van der Waals surface area (Å²) in [5, 5.41) is 7.90. The predicted octanol–water partition coefficient (Wildman–Crippen LogP) is 1.54. The van der Waals surface area contributed by atoms with E-state index in [2.05, 4.69) is 14.9 Å². The van der Waals surface area contributed by atoms with Gasteiger partial charge in [-0.3, -0.25) is 4.79 Å². The number of carbonyl (C=O) groups is 1. The van der Waals surface area contributed by atoms with Crippen molar-refractivity contribution in [2.45, 2.75) is 5.75 Å². The van der Waals surface area contributed by atoms with Gasteiger partial charge in [-0.05, 0) is 12.1 Å². The molecule has 0 radical (unpaired) electrons. The molecule has 76 valence electrons. The molecule has 1 rings (SSSR count). The lowest BCUT2D eigenvalue weighted by Gasteiger charge is -1.99. The van der Waals surface area contributed by atoms with E-state index in [4.69, 9.17) is 11.6 Å². The van der Waals surface area contributed by atoms with Crippen molar-refractivity contribution in [3.8, 4) is 0 Å². The van der Waals surface area contributed by atoms with E-state index in [0.717, 1.165) is 5.69 Å². The first-order valence-electron chi connectivity index (χ1n) is 3.85. The molecule has 0 bridgehead atoms. The third kappa shape index (κ3) is 3.93. The van der Waals surface area contributed by atoms with E-state index in [-0.39, 0.29) is 5.97 Å². The number of aromatic nitrogens is 2. The van der Waals surface area contributed by atoms with Gasteiger partial charge in [0.1, 0.15) is 0 Å². The summed E-state index contributed by atoms with van der Waals surface area (Å²) in [5.74, 6) is 0.706. The first-order chi connectivity index (χ1) is 6.72. The quantitative estimate of drug-likeness (QED) is 0.737. The van der Waals surface area contributed by atoms with E-state index >= 15 is 0 Å². The number of esters is 1. The van der Waals surface area contributed by atoms with Crippen LogP contribution in [0.3, 0.4) is 0 Å². The van der Waals surface area contributed by atoms with Crippen LogP contribution < -0.4 is 0 Å². The standard InChI is InChI=1S/C8H9ClN2O2S/c1-13-8(12)5-14-4-6-2-3-7(9)11-10-6/h2-3H,4-5H2,1H3. The monoisotopic (exact) mass is 232 g/mol. The second-order valence-electron chi connectivity index (χ2n) is 2.42. The molecule has 4 nitrogen and oxygen atoms in total. The zero-order valence-electron chi connectivity index (χ0n) is 7.57. The number of nitrogens with zero attached hydrogens (tertiary/aromatic N) is 2. The molecule has 6 heteroatoms. The minimum absolute atomic E-state index is 0.239. The third-order valence-corrected chi connectivity index (χ3v) is 2.53. The van der Waals surface area contributed by atoms with Gasteiger partial charge in [-0.25, -0.2) is 0 Å². The highest BCUT2D eigenvalue weighted by Crippen LogP contribution is 2.10. The van der Waals surface area contributed by atoms with Gasteiger partial charge in [0.2, 0.25) is 0 Å². The lowest BCUT2D eigenvalue weighted by molar-refractivity contribution is -0.137. The van der Waals surface area contributed by atoms with Crippen LogP contribution in [0.25, 0.3) is 0 Å². The summed E-state index contributed by atoms with van der Waals surface area (Å²) < 4.78 is 4.49. The van der Waals surface area contributed by atoms with Crippen LogP contribution in [0.2, 0.25) is 5.15 Å². The second kappa shape index (κ2) is 5.82. The van der Waals surface area contributed by atoms with Gasteiger partial charge < -0.3 is 4.74 Å². The Morgan fingerprint density at radius 2 is 2.36 bits per heavy atom. The van der Waals surface area contributed by atoms with E-state index in [1.165, 1.54) is 18.9 Å². The van der Waals surface area contributed by atoms with Gasteiger partial charge >= 0.3 is 5.97 Å². The highest BCUT2D eigenvalue weighted by atomic mass is 35.5. The van der Waals surface area contributed by atoms with Crippen LogP contribution in [-0.2, 0) is 15.3 Å². The van der Waals surface area contributed by atoms with Gasteiger partial charge in [0.15, 0.2) is 5.15 Å². The molecule has 0 amide bonds. The molecule has 0 N–H and O–H groups in total. The number of halogens is 1. The van der Waals surface area contributed by atoms with E-state index in [1.807, 2.05) is 0 Å². The summed E-state index contributed by atoms with van der Waals surface area (Å²) >= 11 is 6.99. The summed E-state index contributed by atoms with van der Waals surface area (Å²) in [6.45, 7) is 0. The number of thioether (sulfide) groups is 1. The van der Waals surface area contributed by atoms with Gasteiger partial charge in [-0.15, -0.1) is 16.9 Å². The Balaban J connectivity index is 2.31. The molecule has 0 unspecified atom stereocenters. The molecule has 1 aromatic rings. The molecular formula is C8H9ClN2O2S. The molecule has 0 saturated heterocycles. The predicted molar refractivity (Wildman–Crippen MR) is 55.2 cm³/mol. The molecule has 0 saturated carbocycles. The van der Waals surface area contributed by atoms with Crippen LogP contribution >= 0.6 is 23.4 Å². The number of hydrogen-bond donors (Lipinski definition) is 0. The summed E-state index contributed by atoms with van der Waals surface area (Å²) in [4.78, 5) is 10.8. The molecule has 14 heavy (non-hydrogen) atoms.